The quantitative estimate of drug-likeness (QED) is 0.0397. The van der Waals surface area contributed by atoms with Crippen LogP contribution in [0.25, 0.3) is 10.9 Å². The van der Waals surface area contributed by atoms with Gasteiger partial charge in [-0.15, -0.1) is 0 Å². The number of hydrogen-bond acceptors (Lipinski definition) is 6. The summed E-state index contributed by atoms with van der Waals surface area (Å²) < 4.78 is 0. The van der Waals surface area contributed by atoms with Crippen molar-refractivity contribution in [2.24, 2.45) is 0 Å². The molecule has 2 heterocycles. The summed E-state index contributed by atoms with van der Waals surface area (Å²) in [5.74, 6) is -1.30. The second kappa shape index (κ2) is 22.0. The largest absolute Gasteiger partial charge is 0.385 e. The molecule has 1 aliphatic rings. The lowest BCUT2D eigenvalue weighted by atomic mass is 10.00. The molecule has 4 N–H and O–H groups in total. The highest BCUT2D eigenvalue weighted by molar-refractivity contribution is 6.23. The predicted molar refractivity (Wildman–Crippen MR) is 226 cm³/mol. The Labute approximate surface area is 333 Å². The van der Waals surface area contributed by atoms with Gasteiger partial charge in [0.1, 0.15) is 6.04 Å². The lowest BCUT2D eigenvalue weighted by Crippen LogP contribution is -2.53. The molecule has 56 heavy (non-hydrogen) atoms. The third kappa shape index (κ3) is 11.5. The number of hydrogen-bond donors (Lipinski definition) is 4. The van der Waals surface area contributed by atoms with Crippen molar-refractivity contribution in [3.8, 4) is 0 Å². The van der Waals surface area contributed by atoms with Crippen LogP contribution in [0.4, 0.5) is 5.69 Å². The molecule has 1 aromatic heterocycles. The summed E-state index contributed by atoms with van der Waals surface area (Å²) in [6, 6.07) is 20.9. The molecule has 0 radical (unpaired) electrons. The monoisotopic (exact) mass is 762 g/mol. The summed E-state index contributed by atoms with van der Waals surface area (Å²) in [5, 5.41) is 10.7. The number of unbranched alkanes of at least 4 members (excludes halogenated alkanes) is 8. The SMILES string of the molecule is CCCCCCCCCCCC(CCNc1ccc(C(=O)NCCN(CC)CC)cc1)NC(=O)C(Cc1c[nH]c2ccccc12)N1C(=O)c2ccccc2C1=O. The highest BCUT2D eigenvalue weighted by Crippen LogP contribution is 2.28. The molecule has 3 aromatic carbocycles. The van der Waals surface area contributed by atoms with Crippen molar-refractivity contribution in [3.05, 3.63) is 101 Å². The zero-order valence-electron chi connectivity index (χ0n) is 33.7. The Hall–Kier alpha value is -4.96. The molecule has 1 aliphatic heterocycles. The Morgan fingerprint density at radius 3 is 2.02 bits per heavy atom. The van der Waals surface area contributed by atoms with Gasteiger partial charge in [0.15, 0.2) is 0 Å². The number of nitrogens with one attached hydrogen (secondary N) is 4. The number of benzene rings is 3. The molecule has 0 aliphatic carbocycles. The molecular weight excluding hydrogens is 701 g/mol. The number of imide groups is 1. The molecule has 2 atom stereocenters. The molecule has 2 unspecified atom stereocenters. The zero-order chi connectivity index (χ0) is 39.7. The molecule has 0 saturated carbocycles. The molecular formula is C46H62N6O4. The van der Waals surface area contributed by atoms with E-state index in [1.54, 1.807) is 24.3 Å². The summed E-state index contributed by atoms with van der Waals surface area (Å²) in [6.07, 6.45) is 14.3. The Morgan fingerprint density at radius 2 is 1.36 bits per heavy atom. The molecule has 4 aromatic rings. The van der Waals surface area contributed by atoms with Gasteiger partial charge in [-0.3, -0.25) is 24.1 Å². The minimum absolute atomic E-state index is 0.0901. The third-order valence-corrected chi connectivity index (χ3v) is 11.1. The van der Waals surface area contributed by atoms with Crippen LogP contribution >= 0.6 is 0 Å². The average molecular weight is 763 g/mol. The molecule has 0 fully saturated rings. The van der Waals surface area contributed by atoms with Crippen molar-refractivity contribution in [2.45, 2.75) is 110 Å². The fraction of sp³-hybridized carbons (Fsp3) is 0.478. The number of rotatable bonds is 25. The summed E-state index contributed by atoms with van der Waals surface area (Å²) in [7, 11) is 0. The number of carbonyl (C=O) groups excluding carboxylic acids is 4. The van der Waals surface area contributed by atoms with Gasteiger partial charge in [-0.05, 0) is 74.0 Å². The van der Waals surface area contributed by atoms with E-state index in [0.717, 1.165) is 66.0 Å². The van der Waals surface area contributed by atoms with Gasteiger partial charge in [-0.2, -0.15) is 0 Å². The van der Waals surface area contributed by atoms with Crippen molar-refractivity contribution in [1.29, 1.82) is 0 Å². The average Bonchev–Trinajstić information content (AvgIpc) is 3.74. The van der Waals surface area contributed by atoms with Gasteiger partial charge in [0.25, 0.3) is 17.7 Å². The second-order valence-corrected chi connectivity index (χ2v) is 15.0. The number of aromatic nitrogens is 1. The number of carbonyl (C=O) groups is 4. The lowest BCUT2D eigenvalue weighted by Gasteiger charge is -2.28. The third-order valence-electron chi connectivity index (χ3n) is 11.1. The Kier molecular flexibility index (Phi) is 16.5. The smallest absolute Gasteiger partial charge is 0.262 e. The molecule has 0 spiro atoms. The minimum atomic E-state index is -1.02. The normalized spacial score (nSPS) is 13.6. The van der Waals surface area contributed by atoms with Gasteiger partial charge in [0, 0.05) is 60.4 Å². The first kappa shape index (κ1) is 42.2. The van der Waals surface area contributed by atoms with Gasteiger partial charge in [0.2, 0.25) is 5.91 Å². The van der Waals surface area contributed by atoms with Crippen LogP contribution in [-0.2, 0) is 11.2 Å². The van der Waals surface area contributed by atoms with Crippen LogP contribution in [0.3, 0.4) is 0 Å². The Bertz CT molecular complexity index is 1830. The zero-order valence-corrected chi connectivity index (χ0v) is 33.7. The fourth-order valence-corrected chi connectivity index (χ4v) is 7.69. The molecule has 10 heteroatoms. The minimum Gasteiger partial charge on any atom is -0.385 e. The predicted octanol–water partition coefficient (Wildman–Crippen LogP) is 8.35. The summed E-state index contributed by atoms with van der Waals surface area (Å²) >= 11 is 0. The van der Waals surface area contributed by atoms with Crippen LogP contribution in [0.1, 0.15) is 128 Å². The first-order valence-corrected chi connectivity index (χ1v) is 21.0. The van der Waals surface area contributed by atoms with Crippen molar-refractivity contribution >= 4 is 40.2 Å². The van der Waals surface area contributed by atoms with Crippen molar-refractivity contribution in [1.82, 2.24) is 25.4 Å². The highest BCUT2D eigenvalue weighted by atomic mass is 16.2. The Morgan fingerprint density at radius 1 is 0.732 bits per heavy atom. The molecule has 4 amide bonds. The van der Waals surface area contributed by atoms with Gasteiger partial charge in [0.05, 0.1) is 11.1 Å². The molecule has 0 bridgehead atoms. The molecule has 300 valence electrons. The number of aromatic amines is 1. The Balaban J connectivity index is 1.25. The maximum Gasteiger partial charge on any atom is 0.262 e. The first-order chi connectivity index (χ1) is 27.3. The first-order valence-electron chi connectivity index (χ1n) is 21.0. The van der Waals surface area contributed by atoms with E-state index < -0.39 is 17.9 Å². The standard InChI is InChI=1S/C46H62N6O4/c1-4-7-8-9-10-11-12-13-14-19-37(28-29-47-36-26-24-34(25-27-36)43(53)48-30-31-51(5-2)6-3)50-44(54)42(32-35-33-49-41-23-18-17-20-38(35)41)52-45(55)39-21-15-16-22-40(39)46(52)56/h15-18,20-27,33,37,42,47,49H,4-14,19,28-32H2,1-3H3,(H,48,53)(H,50,54). The van der Waals surface area contributed by atoms with Crippen LogP contribution in [0.5, 0.6) is 0 Å². The number of anilines is 1. The van der Waals surface area contributed by atoms with Gasteiger partial charge >= 0.3 is 0 Å². The summed E-state index contributed by atoms with van der Waals surface area (Å²) in [6.45, 7) is 10.4. The number of nitrogens with zero attached hydrogens (tertiary/aromatic N) is 2. The van der Waals surface area contributed by atoms with Crippen LogP contribution < -0.4 is 16.0 Å². The van der Waals surface area contributed by atoms with Crippen LogP contribution in [0, 0.1) is 0 Å². The lowest BCUT2D eigenvalue weighted by molar-refractivity contribution is -0.125. The van der Waals surface area contributed by atoms with Crippen molar-refractivity contribution < 1.29 is 19.2 Å². The molecule has 0 saturated heterocycles. The number of likely N-dealkylation sites (N-methyl/N-ethyl adjacent to an activating group) is 1. The van der Waals surface area contributed by atoms with E-state index in [4.69, 9.17) is 0 Å². The number of H-pyrrole nitrogens is 1. The van der Waals surface area contributed by atoms with E-state index in [9.17, 15) is 19.2 Å². The van der Waals surface area contributed by atoms with Gasteiger partial charge in [-0.25, -0.2) is 0 Å². The second-order valence-electron chi connectivity index (χ2n) is 15.0. The molecule has 5 rings (SSSR count). The summed E-state index contributed by atoms with van der Waals surface area (Å²) in [5.41, 5.74) is 3.96. The van der Waals surface area contributed by atoms with Gasteiger partial charge in [-0.1, -0.05) is 109 Å². The maximum atomic E-state index is 14.5. The van der Waals surface area contributed by atoms with Crippen molar-refractivity contribution in [3.63, 3.8) is 0 Å². The number of amides is 4. The van der Waals surface area contributed by atoms with E-state index in [2.05, 4.69) is 46.6 Å². The van der Waals surface area contributed by atoms with E-state index in [1.807, 2.05) is 54.7 Å². The maximum absolute atomic E-state index is 14.5. The van der Waals surface area contributed by atoms with E-state index in [-0.39, 0.29) is 24.3 Å². The highest BCUT2D eigenvalue weighted by Gasteiger charge is 2.43. The van der Waals surface area contributed by atoms with Gasteiger partial charge < -0.3 is 25.8 Å². The topological polar surface area (TPSA) is 127 Å². The van der Waals surface area contributed by atoms with Crippen LogP contribution in [-0.4, -0.2) is 83.2 Å². The number of fused-ring (bicyclic) bond motifs is 2. The number of para-hydroxylation sites is 1. The summed E-state index contributed by atoms with van der Waals surface area (Å²) in [4.78, 5) is 61.4. The van der Waals surface area contributed by atoms with E-state index in [1.165, 1.54) is 44.9 Å². The van der Waals surface area contributed by atoms with Crippen LogP contribution in [0.15, 0.2) is 79.0 Å². The van der Waals surface area contributed by atoms with Crippen molar-refractivity contribution in [2.75, 3.05) is 38.0 Å². The van der Waals surface area contributed by atoms with E-state index in [0.29, 0.717) is 36.2 Å². The van der Waals surface area contributed by atoms with E-state index >= 15 is 0 Å². The fourth-order valence-electron chi connectivity index (χ4n) is 7.69. The van der Waals surface area contributed by atoms with Crippen LogP contribution in [0.2, 0.25) is 0 Å². The molecule has 10 nitrogen and oxygen atoms in total.